The summed E-state index contributed by atoms with van der Waals surface area (Å²) in [6, 6.07) is 14.6. The minimum atomic E-state index is -0.622. The van der Waals surface area contributed by atoms with Gasteiger partial charge in [-0.25, -0.2) is 4.79 Å². The Labute approximate surface area is 143 Å². The maximum absolute atomic E-state index is 12.2. The molecule has 3 aromatic rings. The molecule has 0 aliphatic carbocycles. The lowest BCUT2D eigenvalue weighted by Crippen LogP contribution is -2.08. The van der Waals surface area contributed by atoms with Gasteiger partial charge in [0, 0.05) is 17.7 Å². The van der Waals surface area contributed by atoms with Gasteiger partial charge in [-0.15, -0.1) is 0 Å². The predicted molar refractivity (Wildman–Crippen MR) is 91.7 cm³/mol. The molecule has 0 spiro atoms. The van der Waals surface area contributed by atoms with Crippen molar-refractivity contribution >= 4 is 11.7 Å². The van der Waals surface area contributed by atoms with Crippen molar-refractivity contribution in [2.45, 2.75) is 13.8 Å². The molecule has 0 saturated carbocycles. The minimum Gasteiger partial charge on any atom is -0.449 e. The van der Waals surface area contributed by atoms with Crippen molar-refractivity contribution in [1.29, 1.82) is 0 Å². The van der Waals surface area contributed by atoms with Gasteiger partial charge in [-0.3, -0.25) is 10.1 Å². The van der Waals surface area contributed by atoms with Crippen LogP contribution in [0.4, 0.5) is 5.69 Å². The molecule has 0 atom stereocenters. The van der Waals surface area contributed by atoms with Crippen molar-refractivity contribution in [2.24, 2.45) is 0 Å². The third-order valence-corrected chi connectivity index (χ3v) is 3.68. The van der Waals surface area contributed by atoms with E-state index in [1.165, 1.54) is 18.2 Å². The van der Waals surface area contributed by atoms with Gasteiger partial charge in [0.25, 0.3) is 5.69 Å². The van der Waals surface area contributed by atoms with Gasteiger partial charge < -0.3 is 9.15 Å². The van der Waals surface area contributed by atoms with Gasteiger partial charge >= 0.3 is 5.97 Å². The smallest absolute Gasteiger partial charge is 0.379 e. The molecule has 0 bridgehead atoms. The van der Waals surface area contributed by atoms with E-state index in [-0.39, 0.29) is 11.4 Å². The highest BCUT2D eigenvalue weighted by molar-refractivity contribution is 5.89. The second kappa shape index (κ2) is 6.60. The molecule has 0 fully saturated rings. The number of rotatable bonds is 4. The quantitative estimate of drug-likeness (QED) is 0.298. The maximum atomic E-state index is 12.2. The summed E-state index contributed by atoms with van der Waals surface area (Å²) in [6.07, 6.45) is 0. The number of benzene rings is 2. The highest BCUT2D eigenvalue weighted by atomic mass is 16.6. The zero-order valence-corrected chi connectivity index (χ0v) is 13.7. The second-order valence-electron chi connectivity index (χ2n) is 5.63. The van der Waals surface area contributed by atoms with Crippen LogP contribution in [0.1, 0.15) is 21.7 Å². The Bertz CT molecular complexity index is 958. The molecule has 126 valence electrons. The van der Waals surface area contributed by atoms with E-state index in [0.717, 1.165) is 11.1 Å². The highest BCUT2D eigenvalue weighted by Crippen LogP contribution is 2.27. The molecular formula is C19H15NO5. The molecule has 0 radical (unpaired) electrons. The van der Waals surface area contributed by atoms with E-state index < -0.39 is 10.9 Å². The summed E-state index contributed by atoms with van der Waals surface area (Å²) in [4.78, 5) is 22.6. The number of aryl methyl sites for hydroxylation is 2. The number of furan rings is 1. The average Bonchev–Trinajstić information content (AvgIpc) is 3.07. The van der Waals surface area contributed by atoms with Gasteiger partial charge in [-0.05, 0) is 37.6 Å². The summed E-state index contributed by atoms with van der Waals surface area (Å²) in [5, 5.41) is 10.9. The topological polar surface area (TPSA) is 82.6 Å². The van der Waals surface area contributed by atoms with Crippen molar-refractivity contribution < 1.29 is 18.9 Å². The lowest BCUT2D eigenvalue weighted by molar-refractivity contribution is -0.384. The third-order valence-electron chi connectivity index (χ3n) is 3.68. The van der Waals surface area contributed by atoms with Crippen LogP contribution in [0, 0.1) is 24.0 Å². The lowest BCUT2D eigenvalue weighted by atomic mass is 10.1. The molecule has 0 saturated heterocycles. The van der Waals surface area contributed by atoms with Gasteiger partial charge in [0.15, 0.2) is 0 Å². The highest BCUT2D eigenvalue weighted by Gasteiger charge is 2.17. The Morgan fingerprint density at radius 3 is 2.60 bits per heavy atom. The number of carbonyl (C=O) groups is 1. The van der Waals surface area contributed by atoms with Crippen molar-refractivity contribution in [3.63, 3.8) is 0 Å². The molecule has 6 heteroatoms. The summed E-state index contributed by atoms with van der Waals surface area (Å²) >= 11 is 0. The van der Waals surface area contributed by atoms with E-state index in [2.05, 4.69) is 0 Å². The van der Waals surface area contributed by atoms with Crippen LogP contribution in [0.5, 0.6) is 5.75 Å². The van der Waals surface area contributed by atoms with Gasteiger partial charge in [0.05, 0.1) is 4.92 Å². The molecule has 0 aliphatic rings. The lowest BCUT2D eigenvalue weighted by Gasteiger charge is -2.06. The van der Waals surface area contributed by atoms with E-state index in [9.17, 15) is 14.9 Å². The molecule has 0 aliphatic heterocycles. The van der Waals surface area contributed by atoms with Crippen molar-refractivity contribution in [3.05, 3.63) is 81.6 Å². The Morgan fingerprint density at radius 1 is 1.08 bits per heavy atom. The van der Waals surface area contributed by atoms with Crippen molar-refractivity contribution in [3.8, 4) is 17.1 Å². The van der Waals surface area contributed by atoms with Gasteiger partial charge in [0.2, 0.25) is 5.76 Å². The molecule has 2 aromatic carbocycles. The maximum Gasteiger partial charge on any atom is 0.379 e. The third kappa shape index (κ3) is 3.58. The van der Waals surface area contributed by atoms with Crippen LogP contribution < -0.4 is 4.74 Å². The van der Waals surface area contributed by atoms with E-state index in [4.69, 9.17) is 9.15 Å². The molecule has 0 unspecified atom stereocenters. The number of nitro groups is 1. The summed E-state index contributed by atoms with van der Waals surface area (Å²) < 4.78 is 10.9. The standard InChI is InChI=1S/C19H15NO5/c1-12-6-7-16(13(2)10-12)25-19(21)18-9-8-17(24-18)14-4-3-5-15(11-14)20(22)23/h3-11H,1-2H3. The van der Waals surface area contributed by atoms with Crippen LogP contribution in [-0.4, -0.2) is 10.9 Å². The number of non-ortho nitro benzene ring substituents is 1. The minimum absolute atomic E-state index is 0.0291. The van der Waals surface area contributed by atoms with E-state index >= 15 is 0 Å². The van der Waals surface area contributed by atoms with Crippen molar-refractivity contribution in [2.75, 3.05) is 0 Å². The van der Waals surface area contributed by atoms with Crippen LogP contribution in [0.25, 0.3) is 11.3 Å². The van der Waals surface area contributed by atoms with E-state index in [1.807, 2.05) is 26.0 Å². The molecule has 1 heterocycles. The van der Waals surface area contributed by atoms with Gasteiger partial charge in [0.1, 0.15) is 11.5 Å². The number of nitro benzene ring substituents is 1. The Kier molecular flexibility index (Phi) is 4.35. The fraction of sp³-hybridized carbons (Fsp3) is 0.105. The predicted octanol–water partition coefficient (Wildman–Crippen LogP) is 4.69. The fourth-order valence-corrected chi connectivity index (χ4v) is 2.44. The number of esters is 1. The zero-order valence-electron chi connectivity index (χ0n) is 13.7. The number of hydrogen-bond acceptors (Lipinski definition) is 5. The largest absolute Gasteiger partial charge is 0.449 e. The Hall–Kier alpha value is -3.41. The summed E-state index contributed by atoms with van der Waals surface area (Å²) in [5.41, 5.74) is 2.38. The number of hydrogen-bond donors (Lipinski definition) is 0. The van der Waals surface area contributed by atoms with Crippen molar-refractivity contribution in [1.82, 2.24) is 0 Å². The normalized spacial score (nSPS) is 10.5. The number of ether oxygens (including phenoxy) is 1. The van der Waals surface area contributed by atoms with E-state index in [0.29, 0.717) is 17.1 Å². The summed E-state index contributed by atoms with van der Waals surface area (Å²) in [5.74, 6) is 0.227. The molecule has 1 aromatic heterocycles. The first-order valence-corrected chi connectivity index (χ1v) is 7.58. The van der Waals surface area contributed by atoms with Gasteiger partial charge in [-0.1, -0.05) is 29.8 Å². The molecular weight excluding hydrogens is 322 g/mol. The molecule has 25 heavy (non-hydrogen) atoms. The molecule has 3 rings (SSSR count). The van der Waals surface area contributed by atoms with Crippen LogP contribution in [0.15, 0.2) is 59.0 Å². The van der Waals surface area contributed by atoms with Crippen LogP contribution in [-0.2, 0) is 0 Å². The molecule has 0 N–H and O–H groups in total. The first-order valence-electron chi connectivity index (χ1n) is 7.58. The monoisotopic (exact) mass is 337 g/mol. The van der Waals surface area contributed by atoms with Gasteiger partial charge in [-0.2, -0.15) is 0 Å². The van der Waals surface area contributed by atoms with Crippen LogP contribution in [0.3, 0.4) is 0 Å². The summed E-state index contributed by atoms with van der Waals surface area (Å²) in [7, 11) is 0. The SMILES string of the molecule is Cc1ccc(OC(=O)c2ccc(-c3cccc([N+](=O)[O-])c3)o2)c(C)c1. The average molecular weight is 337 g/mol. The Morgan fingerprint density at radius 2 is 1.88 bits per heavy atom. The molecule has 6 nitrogen and oxygen atoms in total. The first kappa shape index (κ1) is 16.4. The Balaban J connectivity index is 1.82. The fourth-order valence-electron chi connectivity index (χ4n) is 2.44. The van der Waals surface area contributed by atoms with E-state index in [1.54, 1.807) is 24.3 Å². The molecule has 0 amide bonds. The first-order chi connectivity index (χ1) is 11.9. The second-order valence-corrected chi connectivity index (χ2v) is 5.63. The summed E-state index contributed by atoms with van der Waals surface area (Å²) in [6.45, 7) is 3.81. The number of nitrogens with zero attached hydrogens (tertiary/aromatic N) is 1. The zero-order chi connectivity index (χ0) is 18.0. The van der Waals surface area contributed by atoms with Crippen LogP contribution >= 0.6 is 0 Å². The number of carbonyl (C=O) groups excluding carboxylic acids is 1. The van der Waals surface area contributed by atoms with Crippen LogP contribution in [0.2, 0.25) is 0 Å².